The molecule has 208 valence electrons. The third-order valence-electron chi connectivity index (χ3n) is 6.14. The van der Waals surface area contributed by atoms with Gasteiger partial charge in [-0.15, -0.1) is 10.2 Å². The van der Waals surface area contributed by atoms with Crippen LogP contribution in [-0.2, 0) is 4.79 Å². The first-order valence-electron chi connectivity index (χ1n) is 12.1. The van der Waals surface area contributed by atoms with Gasteiger partial charge in [0.1, 0.15) is 17.1 Å². The van der Waals surface area contributed by atoms with E-state index < -0.39 is 36.4 Å². The van der Waals surface area contributed by atoms with Crippen molar-refractivity contribution >= 4 is 17.3 Å². The molecule has 0 radical (unpaired) electrons. The summed E-state index contributed by atoms with van der Waals surface area (Å²) in [5.74, 6) is -1.59. The molecule has 0 aliphatic carbocycles. The van der Waals surface area contributed by atoms with E-state index in [-0.39, 0.29) is 23.5 Å². The molecule has 1 fully saturated rings. The fraction of sp³-hybridized carbons (Fsp3) is 0.400. The first-order chi connectivity index (χ1) is 18.5. The number of piperazine rings is 1. The van der Waals surface area contributed by atoms with Gasteiger partial charge in [0.25, 0.3) is 5.88 Å². The second kappa shape index (κ2) is 11.9. The molecule has 0 bridgehead atoms. The van der Waals surface area contributed by atoms with E-state index >= 15 is 0 Å². The average Bonchev–Trinajstić information content (AvgIpc) is 2.88. The van der Waals surface area contributed by atoms with Crippen molar-refractivity contribution in [3.63, 3.8) is 0 Å². The normalized spacial score (nSPS) is 15.6. The average molecular weight is 549 g/mol. The number of likely N-dealkylation sites (N-methyl/N-ethyl adjacent to an activating group) is 1. The molecule has 10 nitrogen and oxygen atoms in total. The van der Waals surface area contributed by atoms with Gasteiger partial charge in [-0.2, -0.15) is 13.2 Å². The summed E-state index contributed by atoms with van der Waals surface area (Å²) in [6.07, 6.45) is -3.06. The zero-order valence-corrected chi connectivity index (χ0v) is 21.4. The van der Waals surface area contributed by atoms with Crippen LogP contribution in [0.4, 0.5) is 28.9 Å². The topological polar surface area (TPSA) is 122 Å². The van der Waals surface area contributed by atoms with Crippen LogP contribution in [0.15, 0.2) is 36.5 Å². The van der Waals surface area contributed by atoms with E-state index in [9.17, 15) is 22.4 Å². The standard InChI is InChI=1S/C25H28F4N8O2/c1-15-3-4-17(26)23(32-15)19-12-20(24(35-34-19)39-14-25(27,28)29)33-16-5-6-31-18(11-16)21(13-22(30)38)37-9-7-36(2)8-10-37/h3-6,11-12,21H,7-10,13-14H2,1-2H3,(H2,30,38)(H,31,33,34). The highest BCUT2D eigenvalue weighted by atomic mass is 19.4. The maximum Gasteiger partial charge on any atom is 0.422 e. The monoisotopic (exact) mass is 548 g/mol. The number of carbonyl (C=O) groups is 1. The van der Waals surface area contributed by atoms with Crippen LogP contribution in [0, 0.1) is 12.7 Å². The zero-order valence-electron chi connectivity index (χ0n) is 21.4. The quantitative estimate of drug-likeness (QED) is 0.388. The van der Waals surface area contributed by atoms with Gasteiger partial charge in [0.05, 0.1) is 11.7 Å². The maximum absolute atomic E-state index is 14.5. The summed E-state index contributed by atoms with van der Waals surface area (Å²) in [7, 11) is 2.01. The van der Waals surface area contributed by atoms with Crippen LogP contribution in [-0.4, -0.2) is 81.9 Å². The highest BCUT2D eigenvalue weighted by Gasteiger charge is 2.30. The van der Waals surface area contributed by atoms with Crippen LogP contribution in [0.2, 0.25) is 0 Å². The molecule has 1 aliphatic rings. The largest absolute Gasteiger partial charge is 0.465 e. The van der Waals surface area contributed by atoms with E-state index in [1.165, 1.54) is 24.4 Å². The highest BCUT2D eigenvalue weighted by Crippen LogP contribution is 2.32. The number of anilines is 2. The number of halogens is 4. The number of nitrogens with two attached hydrogens (primary N) is 1. The van der Waals surface area contributed by atoms with Crippen LogP contribution in [0.25, 0.3) is 11.4 Å². The molecule has 1 aliphatic heterocycles. The molecule has 1 amide bonds. The van der Waals surface area contributed by atoms with E-state index in [1.54, 1.807) is 19.1 Å². The van der Waals surface area contributed by atoms with Crippen molar-refractivity contribution in [2.45, 2.75) is 25.6 Å². The summed E-state index contributed by atoms with van der Waals surface area (Å²) in [6, 6.07) is 6.88. The van der Waals surface area contributed by atoms with Gasteiger partial charge in [-0.25, -0.2) is 9.37 Å². The number of hydrogen-bond acceptors (Lipinski definition) is 9. The molecule has 3 aromatic rings. The van der Waals surface area contributed by atoms with Crippen LogP contribution in [0.1, 0.15) is 23.9 Å². The van der Waals surface area contributed by atoms with Crippen molar-refractivity contribution in [2.24, 2.45) is 5.73 Å². The zero-order chi connectivity index (χ0) is 28.2. The maximum atomic E-state index is 14.5. The predicted octanol–water partition coefficient (Wildman–Crippen LogP) is 3.23. The number of amides is 1. The molecule has 0 aromatic carbocycles. The Bertz CT molecular complexity index is 1320. The molecule has 4 rings (SSSR count). The van der Waals surface area contributed by atoms with Gasteiger partial charge >= 0.3 is 6.18 Å². The molecule has 39 heavy (non-hydrogen) atoms. The number of pyridine rings is 2. The van der Waals surface area contributed by atoms with Gasteiger partial charge < -0.3 is 20.7 Å². The first kappa shape index (κ1) is 28.1. The number of ether oxygens (including phenoxy) is 1. The first-order valence-corrected chi connectivity index (χ1v) is 12.1. The van der Waals surface area contributed by atoms with E-state index in [4.69, 9.17) is 10.5 Å². The second-order valence-electron chi connectivity index (χ2n) is 9.26. The van der Waals surface area contributed by atoms with Crippen molar-refractivity contribution in [3.8, 4) is 17.3 Å². The lowest BCUT2D eigenvalue weighted by Crippen LogP contribution is -2.46. The second-order valence-corrected chi connectivity index (χ2v) is 9.26. The van der Waals surface area contributed by atoms with Crippen LogP contribution < -0.4 is 15.8 Å². The summed E-state index contributed by atoms with van der Waals surface area (Å²) in [5.41, 5.74) is 6.92. The predicted molar refractivity (Wildman–Crippen MR) is 135 cm³/mol. The van der Waals surface area contributed by atoms with Crippen molar-refractivity contribution in [1.29, 1.82) is 0 Å². The molecule has 3 N–H and O–H groups in total. The molecular formula is C25H28F4N8O2. The van der Waals surface area contributed by atoms with Gasteiger partial charge in [0.2, 0.25) is 5.91 Å². The number of hydrogen-bond donors (Lipinski definition) is 2. The Hall–Kier alpha value is -3.91. The van der Waals surface area contributed by atoms with Gasteiger partial charge in [-0.3, -0.25) is 14.7 Å². The van der Waals surface area contributed by atoms with Gasteiger partial charge in [-0.1, -0.05) is 0 Å². The minimum atomic E-state index is -4.61. The number of aromatic nitrogens is 4. The smallest absolute Gasteiger partial charge is 0.422 e. The molecular weight excluding hydrogens is 520 g/mol. The third-order valence-corrected chi connectivity index (χ3v) is 6.14. The van der Waals surface area contributed by atoms with Gasteiger partial charge in [0.15, 0.2) is 12.4 Å². The Balaban J connectivity index is 1.68. The number of nitrogens with zero attached hydrogens (tertiary/aromatic N) is 6. The number of nitrogens with one attached hydrogen (secondary N) is 1. The Morgan fingerprint density at radius 3 is 2.59 bits per heavy atom. The molecule has 1 saturated heterocycles. The van der Waals surface area contributed by atoms with Crippen LogP contribution >= 0.6 is 0 Å². The summed E-state index contributed by atoms with van der Waals surface area (Å²) in [5, 5.41) is 10.6. The number of aryl methyl sites for hydroxylation is 1. The Morgan fingerprint density at radius 2 is 1.90 bits per heavy atom. The van der Waals surface area contributed by atoms with E-state index in [2.05, 4.69) is 35.3 Å². The molecule has 4 heterocycles. The minimum Gasteiger partial charge on any atom is -0.465 e. The van der Waals surface area contributed by atoms with Crippen LogP contribution in [0.5, 0.6) is 5.88 Å². The van der Waals surface area contributed by atoms with E-state index in [0.717, 1.165) is 13.1 Å². The fourth-order valence-corrected chi connectivity index (χ4v) is 4.17. The van der Waals surface area contributed by atoms with Gasteiger partial charge in [-0.05, 0) is 44.3 Å². The Kier molecular flexibility index (Phi) is 8.55. The number of primary amides is 1. The lowest BCUT2D eigenvalue weighted by molar-refractivity contribution is -0.154. The summed E-state index contributed by atoms with van der Waals surface area (Å²) in [6.45, 7) is 3.09. The number of alkyl halides is 3. The Labute approximate surface area is 222 Å². The SMILES string of the molecule is Cc1ccc(F)c(-c2cc(Nc3ccnc(C(CC(N)=O)N4CCN(C)CC4)c3)c(OCC(F)(F)F)nn2)n1. The molecule has 1 unspecified atom stereocenters. The Morgan fingerprint density at radius 1 is 1.15 bits per heavy atom. The minimum absolute atomic E-state index is 0.00335. The van der Waals surface area contributed by atoms with Crippen molar-refractivity contribution < 1.29 is 27.1 Å². The third kappa shape index (κ3) is 7.57. The lowest BCUT2D eigenvalue weighted by Gasteiger charge is -2.37. The fourth-order valence-electron chi connectivity index (χ4n) is 4.17. The van der Waals surface area contributed by atoms with Crippen molar-refractivity contribution in [2.75, 3.05) is 45.2 Å². The molecule has 0 saturated carbocycles. The highest BCUT2D eigenvalue weighted by molar-refractivity contribution is 5.75. The molecule has 14 heteroatoms. The van der Waals surface area contributed by atoms with Crippen LogP contribution in [0.3, 0.4) is 0 Å². The molecule has 0 spiro atoms. The van der Waals surface area contributed by atoms with Crippen molar-refractivity contribution in [3.05, 3.63) is 53.7 Å². The van der Waals surface area contributed by atoms with Gasteiger partial charge in [0, 0.05) is 50.2 Å². The summed E-state index contributed by atoms with van der Waals surface area (Å²) < 4.78 is 58.0. The van der Waals surface area contributed by atoms with E-state index in [1.807, 2.05) is 7.05 Å². The summed E-state index contributed by atoms with van der Waals surface area (Å²) in [4.78, 5) is 24.7. The number of carbonyl (C=O) groups excluding carboxylic acids is 1. The summed E-state index contributed by atoms with van der Waals surface area (Å²) >= 11 is 0. The van der Waals surface area contributed by atoms with E-state index in [0.29, 0.717) is 30.2 Å². The molecule has 1 atom stereocenters. The van der Waals surface area contributed by atoms with Crippen molar-refractivity contribution in [1.82, 2.24) is 30.0 Å². The molecule has 3 aromatic heterocycles. The number of rotatable bonds is 9. The lowest BCUT2D eigenvalue weighted by atomic mass is 10.1.